The highest BCUT2D eigenvalue weighted by Gasteiger charge is 2.41. The number of para-hydroxylation sites is 1. The minimum absolute atomic E-state index is 0.0672. The molecule has 0 aromatic heterocycles. The molecule has 0 bridgehead atoms. The van der Waals surface area contributed by atoms with E-state index in [0.717, 1.165) is 12.0 Å². The van der Waals surface area contributed by atoms with Gasteiger partial charge in [-0.1, -0.05) is 25.1 Å². The van der Waals surface area contributed by atoms with Crippen LogP contribution in [0.5, 0.6) is 5.75 Å². The van der Waals surface area contributed by atoms with Crippen LogP contribution in [0.2, 0.25) is 0 Å². The molecule has 2 unspecified atom stereocenters. The number of methoxy groups -OCH3 is 1. The summed E-state index contributed by atoms with van der Waals surface area (Å²) in [6.45, 7) is 1.90. The molecule has 2 atom stereocenters. The standard InChI is InChI=1S/C11H14O3/c1-8-7-9-5-3-4-6-10(9)14-11(8,12)13-2/h3-6,8,12H,7H2,1-2H3. The first-order valence-corrected chi connectivity index (χ1v) is 4.70. The van der Waals surface area contributed by atoms with Gasteiger partial charge in [0.1, 0.15) is 5.75 Å². The Morgan fingerprint density at radius 2 is 2.21 bits per heavy atom. The average molecular weight is 194 g/mol. The van der Waals surface area contributed by atoms with Gasteiger partial charge in [0.05, 0.1) is 5.92 Å². The normalized spacial score (nSPS) is 30.6. The Bertz CT molecular complexity index is 337. The van der Waals surface area contributed by atoms with Gasteiger partial charge in [0, 0.05) is 7.11 Å². The van der Waals surface area contributed by atoms with Gasteiger partial charge in [-0.15, -0.1) is 0 Å². The lowest BCUT2D eigenvalue weighted by Crippen LogP contribution is -2.47. The van der Waals surface area contributed by atoms with Crippen LogP contribution in [-0.2, 0) is 11.2 Å². The van der Waals surface area contributed by atoms with Crippen molar-refractivity contribution in [2.24, 2.45) is 5.92 Å². The molecule has 0 saturated heterocycles. The minimum atomic E-state index is -1.48. The molecular formula is C11H14O3. The Hall–Kier alpha value is -1.06. The third-order valence-electron chi connectivity index (χ3n) is 2.67. The molecule has 0 aliphatic carbocycles. The highest BCUT2D eigenvalue weighted by Crippen LogP contribution is 2.35. The maximum atomic E-state index is 9.95. The Morgan fingerprint density at radius 1 is 1.50 bits per heavy atom. The molecule has 0 saturated carbocycles. The number of fused-ring (bicyclic) bond motifs is 1. The Labute approximate surface area is 83.3 Å². The fraction of sp³-hybridized carbons (Fsp3) is 0.455. The molecule has 1 aliphatic rings. The molecule has 0 radical (unpaired) electrons. The van der Waals surface area contributed by atoms with Crippen molar-refractivity contribution in [2.75, 3.05) is 7.11 Å². The number of hydrogen-bond acceptors (Lipinski definition) is 3. The van der Waals surface area contributed by atoms with E-state index in [9.17, 15) is 5.11 Å². The van der Waals surface area contributed by atoms with Crippen LogP contribution in [0.4, 0.5) is 0 Å². The molecule has 3 nitrogen and oxygen atoms in total. The van der Waals surface area contributed by atoms with Crippen molar-refractivity contribution in [2.45, 2.75) is 19.3 Å². The molecular weight excluding hydrogens is 180 g/mol. The van der Waals surface area contributed by atoms with E-state index in [1.165, 1.54) is 7.11 Å². The van der Waals surface area contributed by atoms with Crippen molar-refractivity contribution < 1.29 is 14.6 Å². The van der Waals surface area contributed by atoms with E-state index in [4.69, 9.17) is 9.47 Å². The van der Waals surface area contributed by atoms with Crippen molar-refractivity contribution in [3.8, 4) is 5.75 Å². The Balaban J connectivity index is 2.36. The van der Waals surface area contributed by atoms with E-state index in [1.807, 2.05) is 31.2 Å². The van der Waals surface area contributed by atoms with E-state index < -0.39 is 5.97 Å². The molecule has 0 fully saturated rings. The summed E-state index contributed by atoms with van der Waals surface area (Å²) < 4.78 is 10.4. The smallest absolute Gasteiger partial charge is 0.327 e. The summed E-state index contributed by atoms with van der Waals surface area (Å²) in [7, 11) is 1.45. The van der Waals surface area contributed by atoms with E-state index in [-0.39, 0.29) is 5.92 Å². The molecule has 2 rings (SSSR count). The highest BCUT2D eigenvalue weighted by molar-refractivity contribution is 5.35. The van der Waals surface area contributed by atoms with Gasteiger partial charge in [-0.25, -0.2) is 0 Å². The van der Waals surface area contributed by atoms with Crippen molar-refractivity contribution in [1.82, 2.24) is 0 Å². The molecule has 14 heavy (non-hydrogen) atoms. The molecule has 1 heterocycles. The minimum Gasteiger partial charge on any atom is -0.439 e. The van der Waals surface area contributed by atoms with Gasteiger partial charge in [0.2, 0.25) is 0 Å². The predicted octanol–water partition coefficient (Wildman–Crippen LogP) is 1.55. The van der Waals surface area contributed by atoms with Gasteiger partial charge in [-0.3, -0.25) is 0 Å². The van der Waals surface area contributed by atoms with Gasteiger partial charge in [0.15, 0.2) is 0 Å². The van der Waals surface area contributed by atoms with E-state index >= 15 is 0 Å². The quantitative estimate of drug-likeness (QED) is 0.689. The van der Waals surface area contributed by atoms with Crippen molar-refractivity contribution in [3.63, 3.8) is 0 Å². The van der Waals surface area contributed by atoms with Gasteiger partial charge in [-0.2, -0.15) is 0 Å². The second-order valence-electron chi connectivity index (χ2n) is 3.65. The molecule has 1 aromatic rings. The predicted molar refractivity (Wildman–Crippen MR) is 51.9 cm³/mol. The Morgan fingerprint density at radius 3 is 2.93 bits per heavy atom. The number of rotatable bonds is 1. The van der Waals surface area contributed by atoms with Crippen LogP contribution in [0.1, 0.15) is 12.5 Å². The third kappa shape index (κ3) is 1.38. The van der Waals surface area contributed by atoms with Crippen LogP contribution in [0.3, 0.4) is 0 Å². The molecule has 3 heteroatoms. The van der Waals surface area contributed by atoms with Crippen LogP contribution in [0, 0.1) is 5.92 Å². The summed E-state index contributed by atoms with van der Waals surface area (Å²) in [6.07, 6.45) is 0.764. The molecule has 1 aromatic carbocycles. The number of aliphatic hydroxyl groups is 1. The van der Waals surface area contributed by atoms with Crippen LogP contribution in [0.25, 0.3) is 0 Å². The highest BCUT2D eigenvalue weighted by atomic mass is 16.8. The van der Waals surface area contributed by atoms with Crippen LogP contribution in [-0.4, -0.2) is 18.2 Å². The topological polar surface area (TPSA) is 38.7 Å². The van der Waals surface area contributed by atoms with E-state index in [0.29, 0.717) is 5.75 Å². The maximum absolute atomic E-state index is 9.95. The first kappa shape index (κ1) is 9.49. The molecule has 76 valence electrons. The van der Waals surface area contributed by atoms with Gasteiger partial charge < -0.3 is 14.6 Å². The van der Waals surface area contributed by atoms with Crippen LogP contribution < -0.4 is 4.74 Å². The first-order valence-electron chi connectivity index (χ1n) is 4.70. The van der Waals surface area contributed by atoms with Crippen molar-refractivity contribution in [1.29, 1.82) is 0 Å². The maximum Gasteiger partial charge on any atom is 0.327 e. The zero-order valence-electron chi connectivity index (χ0n) is 8.36. The van der Waals surface area contributed by atoms with E-state index in [2.05, 4.69) is 0 Å². The summed E-state index contributed by atoms with van der Waals surface area (Å²) in [5, 5.41) is 9.95. The van der Waals surface area contributed by atoms with Crippen molar-refractivity contribution in [3.05, 3.63) is 29.8 Å². The average Bonchev–Trinajstić information content (AvgIpc) is 2.20. The summed E-state index contributed by atoms with van der Waals surface area (Å²) in [4.78, 5) is 0. The summed E-state index contributed by atoms with van der Waals surface area (Å²) in [5.41, 5.74) is 1.11. The lowest BCUT2D eigenvalue weighted by Gasteiger charge is -2.37. The van der Waals surface area contributed by atoms with Gasteiger partial charge in [-0.05, 0) is 18.1 Å². The second-order valence-corrected chi connectivity index (χ2v) is 3.65. The van der Waals surface area contributed by atoms with Gasteiger partial charge in [0.25, 0.3) is 0 Å². The number of benzene rings is 1. The Kier molecular flexibility index (Phi) is 2.21. The lowest BCUT2D eigenvalue weighted by atomic mass is 9.95. The summed E-state index contributed by atoms with van der Waals surface area (Å²) >= 11 is 0. The molecule has 1 N–H and O–H groups in total. The third-order valence-corrected chi connectivity index (χ3v) is 2.67. The SMILES string of the molecule is COC1(O)Oc2ccccc2CC1C. The van der Waals surface area contributed by atoms with Crippen LogP contribution >= 0.6 is 0 Å². The van der Waals surface area contributed by atoms with Crippen molar-refractivity contribution >= 4 is 0 Å². The van der Waals surface area contributed by atoms with Gasteiger partial charge >= 0.3 is 5.97 Å². The summed E-state index contributed by atoms with van der Waals surface area (Å²) in [5.74, 6) is -0.841. The zero-order valence-corrected chi connectivity index (χ0v) is 8.36. The fourth-order valence-corrected chi connectivity index (χ4v) is 1.73. The zero-order chi connectivity index (χ0) is 10.2. The fourth-order valence-electron chi connectivity index (χ4n) is 1.73. The van der Waals surface area contributed by atoms with Crippen LogP contribution in [0.15, 0.2) is 24.3 Å². The molecule has 1 aliphatic heterocycles. The summed E-state index contributed by atoms with van der Waals surface area (Å²) in [6, 6.07) is 7.68. The molecule has 0 amide bonds. The van der Waals surface area contributed by atoms with E-state index in [1.54, 1.807) is 0 Å². The lowest BCUT2D eigenvalue weighted by molar-refractivity contribution is -0.339. The molecule has 0 spiro atoms. The monoisotopic (exact) mass is 194 g/mol. The number of hydrogen-bond donors (Lipinski definition) is 1. The largest absolute Gasteiger partial charge is 0.439 e. The first-order chi connectivity index (χ1) is 6.65. The number of ether oxygens (including phenoxy) is 2. The second kappa shape index (κ2) is 3.26.